The average molecular weight is 537 g/mol. The smallest absolute Gasteiger partial charge is 0.253 e. The molecule has 0 aliphatic rings. The zero-order chi connectivity index (χ0) is 23.4. The number of amides is 2. The van der Waals surface area contributed by atoms with Crippen molar-refractivity contribution in [2.75, 3.05) is 11.1 Å². The van der Waals surface area contributed by atoms with Gasteiger partial charge in [0.05, 0.1) is 22.4 Å². The van der Waals surface area contributed by atoms with Crippen LogP contribution in [0.1, 0.15) is 40.3 Å². The molecule has 32 heavy (non-hydrogen) atoms. The SMILES string of the molecule is Cc1cc(Br)cc(C)c1NC(=O)CSc1nnc([C@H](C)NC(=O)c2ccccc2Cl)n1C. The summed E-state index contributed by atoms with van der Waals surface area (Å²) in [5.41, 5.74) is 3.18. The third kappa shape index (κ3) is 5.70. The molecular formula is C22H23BrClN5O2S. The van der Waals surface area contributed by atoms with Crippen LogP contribution in [0.4, 0.5) is 5.69 Å². The average Bonchev–Trinajstić information content (AvgIpc) is 3.09. The van der Waals surface area contributed by atoms with Gasteiger partial charge in [0, 0.05) is 17.2 Å². The van der Waals surface area contributed by atoms with E-state index in [0.717, 1.165) is 21.3 Å². The van der Waals surface area contributed by atoms with Gasteiger partial charge in [0.15, 0.2) is 11.0 Å². The monoisotopic (exact) mass is 535 g/mol. The van der Waals surface area contributed by atoms with Crippen molar-refractivity contribution in [3.8, 4) is 0 Å². The predicted octanol–water partition coefficient (Wildman–Crippen LogP) is 5.07. The summed E-state index contributed by atoms with van der Waals surface area (Å²) in [5.74, 6) is 0.336. The van der Waals surface area contributed by atoms with Crippen LogP contribution in [0.25, 0.3) is 0 Å². The number of rotatable bonds is 7. The lowest BCUT2D eigenvalue weighted by Gasteiger charge is -2.14. The van der Waals surface area contributed by atoms with E-state index in [2.05, 4.69) is 36.8 Å². The van der Waals surface area contributed by atoms with Gasteiger partial charge in [0.25, 0.3) is 5.91 Å². The zero-order valence-electron chi connectivity index (χ0n) is 18.1. The van der Waals surface area contributed by atoms with E-state index in [9.17, 15) is 9.59 Å². The Morgan fingerprint density at radius 3 is 2.50 bits per heavy atom. The highest BCUT2D eigenvalue weighted by molar-refractivity contribution is 9.10. The highest BCUT2D eigenvalue weighted by Crippen LogP contribution is 2.26. The first kappa shape index (κ1) is 24.3. The number of benzene rings is 2. The first-order chi connectivity index (χ1) is 15.2. The maximum absolute atomic E-state index is 12.5. The van der Waals surface area contributed by atoms with Crippen LogP contribution in [0.15, 0.2) is 46.0 Å². The number of nitrogens with one attached hydrogen (secondary N) is 2. The Hall–Kier alpha value is -2.36. The van der Waals surface area contributed by atoms with Crippen molar-refractivity contribution in [1.82, 2.24) is 20.1 Å². The highest BCUT2D eigenvalue weighted by Gasteiger charge is 2.20. The largest absolute Gasteiger partial charge is 0.342 e. The van der Waals surface area contributed by atoms with E-state index in [4.69, 9.17) is 11.6 Å². The minimum Gasteiger partial charge on any atom is -0.342 e. The third-order valence-corrected chi connectivity index (χ3v) is 6.62. The molecule has 0 aliphatic carbocycles. The molecule has 1 atom stereocenters. The van der Waals surface area contributed by atoms with E-state index >= 15 is 0 Å². The Bertz CT molecular complexity index is 1140. The van der Waals surface area contributed by atoms with Gasteiger partial charge in [0.2, 0.25) is 5.91 Å². The van der Waals surface area contributed by atoms with Crippen molar-refractivity contribution in [3.63, 3.8) is 0 Å². The molecule has 0 aliphatic heterocycles. The second kappa shape index (κ2) is 10.5. The second-order valence-electron chi connectivity index (χ2n) is 7.33. The first-order valence-electron chi connectivity index (χ1n) is 9.81. The summed E-state index contributed by atoms with van der Waals surface area (Å²) in [6, 6.07) is 10.4. The van der Waals surface area contributed by atoms with E-state index in [1.54, 1.807) is 35.9 Å². The lowest BCUT2D eigenvalue weighted by molar-refractivity contribution is -0.113. The molecule has 0 fully saturated rings. The number of anilines is 1. The molecule has 0 saturated carbocycles. The number of thioether (sulfide) groups is 1. The molecule has 7 nitrogen and oxygen atoms in total. The Labute approximate surface area is 204 Å². The van der Waals surface area contributed by atoms with Crippen molar-refractivity contribution in [3.05, 3.63) is 68.4 Å². The molecule has 0 radical (unpaired) electrons. The number of hydrogen-bond acceptors (Lipinski definition) is 5. The van der Waals surface area contributed by atoms with Gasteiger partial charge in [-0.25, -0.2) is 0 Å². The van der Waals surface area contributed by atoms with Gasteiger partial charge in [-0.3, -0.25) is 9.59 Å². The Kier molecular flexibility index (Phi) is 7.97. The summed E-state index contributed by atoms with van der Waals surface area (Å²) < 4.78 is 2.74. The molecule has 10 heteroatoms. The number of aryl methyl sites for hydroxylation is 2. The van der Waals surface area contributed by atoms with Crippen LogP contribution < -0.4 is 10.6 Å². The Morgan fingerprint density at radius 2 is 1.84 bits per heavy atom. The first-order valence-corrected chi connectivity index (χ1v) is 12.0. The summed E-state index contributed by atoms with van der Waals surface area (Å²) in [7, 11) is 1.80. The number of aromatic nitrogens is 3. The summed E-state index contributed by atoms with van der Waals surface area (Å²) in [6.45, 7) is 5.72. The molecule has 0 spiro atoms. The fourth-order valence-corrected chi connectivity index (χ4v) is 4.85. The molecule has 0 bridgehead atoms. The van der Waals surface area contributed by atoms with Crippen LogP contribution >= 0.6 is 39.3 Å². The maximum atomic E-state index is 12.5. The lowest BCUT2D eigenvalue weighted by Crippen LogP contribution is -2.28. The number of hydrogen-bond donors (Lipinski definition) is 2. The van der Waals surface area contributed by atoms with E-state index < -0.39 is 6.04 Å². The molecule has 2 N–H and O–H groups in total. The minimum absolute atomic E-state index is 0.131. The van der Waals surface area contributed by atoms with Crippen LogP contribution in [-0.4, -0.2) is 32.3 Å². The summed E-state index contributed by atoms with van der Waals surface area (Å²) in [6.07, 6.45) is 0. The summed E-state index contributed by atoms with van der Waals surface area (Å²) >= 11 is 10.8. The van der Waals surface area contributed by atoms with E-state index in [1.165, 1.54) is 11.8 Å². The van der Waals surface area contributed by atoms with Crippen LogP contribution in [0.5, 0.6) is 0 Å². The quantitative estimate of drug-likeness (QED) is 0.412. The molecule has 3 rings (SSSR count). The maximum Gasteiger partial charge on any atom is 0.253 e. The van der Waals surface area contributed by atoms with E-state index in [1.807, 2.05) is 32.9 Å². The molecule has 2 aromatic carbocycles. The molecule has 2 amide bonds. The van der Waals surface area contributed by atoms with Gasteiger partial charge in [-0.15, -0.1) is 10.2 Å². The van der Waals surface area contributed by atoms with Crippen LogP contribution in [0.2, 0.25) is 5.02 Å². The van der Waals surface area contributed by atoms with Crippen LogP contribution in [0, 0.1) is 13.8 Å². The predicted molar refractivity (Wildman–Crippen MR) is 131 cm³/mol. The van der Waals surface area contributed by atoms with Crippen molar-refractivity contribution < 1.29 is 9.59 Å². The van der Waals surface area contributed by atoms with E-state index in [0.29, 0.717) is 21.6 Å². The Balaban J connectivity index is 1.61. The standard InChI is InChI=1S/C22H23BrClN5O2S/c1-12-9-15(23)10-13(2)19(12)26-18(30)11-32-22-28-27-20(29(22)4)14(3)25-21(31)16-7-5-6-8-17(16)24/h5-10,14H,11H2,1-4H3,(H,25,31)(H,26,30)/t14-/m0/s1. The fraction of sp³-hybridized carbons (Fsp3) is 0.273. The number of halogens is 2. The highest BCUT2D eigenvalue weighted by atomic mass is 79.9. The van der Waals surface area contributed by atoms with Gasteiger partial charge >= 0.3 is 0 Å². The number of nitrogens with zero attached hydrogens (tertiary/aromatic N) is 3. The van der Waals surface area contributed by atoms with Gasteiger partial charge in [-0.05, 0) is 56.2 Å². The summed E-state index contributed by atoms with van der Waals surface area (Å²) in [4.78, 5) is 25.0. The van der Waals surface area contributed by atoms with Crippen LogP contribution in [0.3, 0.4) is 0 Å². The minimum atomic E-state index is -0.396. The van der Waals surface area contributed by atoms with E-state index in [-0.39, 0.29) is 17.6 Å². The van der Waals surface area contributed by atoms with Crippen molar-refractivity contribution >= 4 is 56.8 Å². The molecule has 1 aromatic heterocycles. The fourth-order valence-electron chi connectivity index (χ4n) is 3.23. The molecule has 168 valence electrons. The molecule has 0 unspecified atom stereocenters. The lowest BCUT2D eigenvalue weighted by atomic mass is 10.1. The molecule has 0 saturated heterocycles. The topological polar surface area (TPSA) is 88.9 Å². The van der Waals surface area contributed by atoms with Gasteiger partial charge in [0.1, 0.15) is 0 Å². The molecular weight excluding hydrogens is 514 g/mol. The van der Waals surface area contributed by atoms with Gasteiger partial charge in [-0.2, -0.15) is 0 Å². The van der Waals surface area contributed by atoms with Gasteiger partial charge in [-0.1, -0.05) is 51.4 Å². The van der Waals surface area contributed by atoms with Crippen molar-refractivity contribution in [1.29, 1.82) is 0 Å². The normalized spacial score (nSPS) is 11.8. The number of carbonyl (C=O) groups excluding carboxylic acids is 2. The molecule has 3 aromatic rings. The van der Waals surface area contributed by atoms with Gasteiger partial charge < -0.3 is 15.2 Å². The number of carbonyl (C=O) groups is 2. The molecule has 1 heterocycles. The van der Waals surface area contributed by atoms with Crippen molar-refractivity contribution in [2.24, 2.45) is 7.05 Å². The third-order valence-electron chi connectivity index (χ3n) is 4.82. The Morgan fingerprint density at radius 1 is 1.19 bits per heavy atom. The van der Waals surface area contributed by atoms with Crippen molar-refractivity contribution in [2.45, 2.75) is 32.0 Å². The second-order valence-corrected chi connectivity index (χ2v) is 9.59. The zero-order valence-corrected chi connectivity index (χ0v) is 21.2. The summed E-state index contributed by atoms with van der Waals surface area (Å²) in [5, 5.41) is 15.2. The van der Waals surface area contributed by atoms with Crippen LogP contribution in [-0.2, 0) is 11.8 Å².